The summed E-state index contributed by atoms with van der Waals surface area (Å²) in [4.78, 5) is 12.7. The van der Waals surface area contributed by atoms with E-state index >= 15 is 0 Å². The van der Waals surface area contributed by atoms with Gasteiger partial charge in [0.05, 0.1) is 11.2 Å². The quantitative estimate of drug-likeness (QED) is 0.559. The van der Waals surface area contributed by atoms with Crippen molar-refractivity contribution in [2.45, 2.75) is 69.8 Å². The van der Waals surface area contributed by atoms with Crippen LogP contribution in [0.5, 0.6) is 0 Å². The van der Waals surface area contributed by atoms with Crippen LogP contribution < -0.4 is 5.32 Å². The number of nitrogens with one attached hydrogen (secondary N) is 1. The van der Waals surface area contributed by atoms with E-state index in [0.717, 1.165) is 0 Å². The van der Waals surface area contributed by atoms with Crippen molar-refractivity contribution in [3.05, 3.63) is 24.3 Å². The number of aliphatic hydroxyl groups is 2. The summed E-state index contributed by atoms with van der Waals surface area (Å²) in [6.45, 7) is 7.82. The number of hydrogen-bond acceptors (Lipinski definition) is 8. The molecule has 3 aliphatic heterocycles. The number of methoxy groups -OCH3 is 1. The van der Waals surface area contributed by atoms with Gasteiger partial charge < -0.3 is 39.2 Å². The Morgan fingerprint density at radius 2 is 1.89 bits per heavy atom. The van der Waals surface area contributed by atoms with Crippen LogP contribution in [-0.2, 0) is 23.6 Å². The largest absolute Gasteiger partial charge is 0.486 e. The number of ether oxygens (including phenoxy) is 2. The van der Waals surface area contributed by atoms with Gasteiger partial charge in [0, 0.05) is 19.4 Å². The molecule has 0 aliphatic carbocycles. The predicted molar refractivity (Wildman–Crippen MR) is 95.8 cm³/mol. The highest BCUT2D eigenvalue weighted by molar-refractivity contribution is 6.51. The van der Waals surface area contributed by atoms with Crippen molar-refractivity contribution in [1.29, 1.82) is 0 Å². The lowest BCUT2D eigenvalue weighted by Gasteiger charge is -2.36. The predicted octanol–water partition coefficient (Wildman–Crippen LogP) is -0.504. The van der Waals surface area contributed by atoms with Gasteiger partial charge in [0.2, 0.25) is 12.3 Å². The Labute approximate surface area is 159 Å². The highest BCUT2D eigenvalue weighted by atomic mass is 16.7. The Morgan fingerprint density at radius 3 is 2.44 bits per heavy atom. The normalized spacial score (nSPS) is 38.0. The number of carbonyl (C=O) groups excluding carboxylic acids is 1. The van der Waals surface area contributed by atoms with E-state index in [1.165, 1.54) is 24.3 Å². The van der Waals surface area contributed by atoms with Crippen LogP contribution in [0.3, 0.4) is 0 Å². The van der Waals surface area contributed by atoms with E-state index in [2.05, 4.69) is 5.32 Å². The standard InChI is InChI=1S/C17H27BN2O7/c1-16(2)17(3,4)27-18(26-16)8-6-10-12(22)13(24-5)14(25-10)20-9-7-11(21)19-15(20)23/h6-10,12-15,22-23H,1-5H3,(H,19,21)/b8-6+/t10-,12?,13?,14-,15?/m1/s1. The number of amides is 1. The van der Waals surface area contributed by atoms with Gasteiger partial charge in [-0.2, -0.15) is 0 Å². The first kappa shape index (κ1) is 20.3. The molecule has 0 saturated carbocycles. The van der Waals surface area contributed by atoms with Crippen molar-refractivity contribution < 1.29 is 33.8 Å². The van der Waals surface area contributed by atoms with Crippen molar-refractivity contribution in [2.24, 2.45) is 0 Å². The maximum Gasteiger partial charge on any atom is 0.486 e. The highest BCUT2D eigenvalue weighted by Gasteiger charge is 2.51. The molecule has 3 aliphatic rings. The van der Waals surface area contributed by atoms with Gasteiger partial charge in [-0.05, 0) is 27.7 Å². The second-order valence-corrected chi connectivity index (χ2v) is 7.84. The first-order chi connectivity index (χ1) is 12.6. The first-order valence-corrected chi connectivity index (χ1v) is 8.90. The third-order valence-corrected chi connectivity index (χ3v) is 5.50. The molecule has 0 aromatic heterocycles. The van der Waals surface area contributed by atoms with Crippen LogP contribution in [0.15, 0.2) is 24.3 Å². The molecule has 2 fully saturated rings. The van der Waals surface area contributed by atoms with Crippen molar-refractivity contribution in [3.63, 3.8) is 0 Å². The maximum atomic E-state index is 11.3. The zero-order chi connectivity index (χ0) is 20.0. The summed E-state index contributed by atoms with van der Waals surface area (Å²) < 4.78 is 23.0. The van der Waals surface area contributed by atoms with Crippen molar-refractivity contribution in [2.75, 3.05) is 7.11 Å². The minimum Gasteiger partial charge on any atom is -0.400 e. The molecule has 3 rings (SSSR count). The van der Waals surface area contributed by atoms with E-state index in [-0.39, 0.29) is 0 Å². The van der Waals surface area contributed by atoms with Gasteiger partial charge in [0.25, 0.3) is 0 Å². The molecular weight excluding hydrogens is 355 g/mol. The fourth-order valence-electron chi connectivity index (χ4n) is 3.21. The lowest BCUT2D eigenvalue weighted by atomic mass is 9.89. The molecule has 1 amide bonds. The van der Waals surface area contributed by atoms with E-state index in [1.807, 2.05) is 27.7 Å². The smallest absolute Gasteiger partial charge is 0.400 e. The summed E-state index contributed by atoms with van der Waals surface area (Å²) in [5.74, 6) is 1.28. The summed E-state index contributed by atoms with van der Waals surface area (Å²) in [5, 5.41) is 23.0. The molecule has 3 N–H and O–H groups in total. The van der Waals surface area contributed by atoms with Crippen LogP contribution in [-0.4, -0.2) is 77.3 Å². The lowest BCUT2D eigenvalue weighted by molar-refractivity contribution is -0.151. The van der Waals surface area contributed by atoms with Gasteiger partial charge in [-0.3, -0.25) is 4.79 Å². The average molecular weight is 382 g/mol. The molecule has 0 aromatic rings. The van der Waals surface area contributed by atoms with Crippen LogP contribution in [0.25, 0.3) is 0 Å². The third-order valence-electron chi connectivity index (χ3n) is 5.50. The number of rotatable bonds is 4. The Bertz CT molecular complexity index is 623. The number of aliphatic hydroxyl groups excluding tert-OH is 2. The Balaban J connectivity index is 1.71. The number of hydrogen-bond donors (Lipinski definition) is 3. The molecule has 0 radical (unpaired) electrons. The fraction of sp³-hybridized carbons (Fsp3) is 0.706. The van der Waals surface area contributed by atoms with Crippen LogP contribution >= 0.6 is 0 Å². The SMILES string of the molecule is COC1C(O)[C@@H](/C=C/B2OC(C)(C)C(C)(C)O2)O[C@H]1N1C=CC(=O)NC1O. The average Bonchev–Trinajstić information content (AvgIpc) is 2.98. The summed E-state index contributed by atoms with van der Waals surface area (Å²) in [6.07, 6.45) is -0.123. The van der Waals surface area contributed by atoms with Crippen molar-refractivity contribution in [3.8, 4) is 0 Å². The molecule has 0 bridgehead atoms. The van der Waals surface area contributed by atoms with Gasteiger partial charge in [0.1, 0.15) is 18.3 Å². The fourth-order valence-corrected chi connectivity index (χ4v) is 3.21. The molecule has 0 spiro atoms. The van der Waals surface area contributed by atoms with Gasteiger partial charge in [-0.1, -0.05) is 12.1 Å². The molecule has 2 saturated heterocycles. The second-order valence-electron chi connectivity index (χ2n) is 7.84. The number of nitrogens with zero attached hydrogens (tertiary/aromatic N) is 1. The van der Waals surface area contributed by atoms with Crippen molar-refractivity contribution >= 4 is 13.0 Å². The Morgan fingerprint density at radius 1 is 1.26 bits per heavy atom. The topological polar surface area (TPSA) is 110 Å². The maximum absolute atomic E-state index is 11.3. The van der Waals surface area contributed by atoms with Crippen molar-refractivity contribution in [1.82, 2.24) is 10.2 Å². The summed E-state index contributed by atoms with van der Waals surface area (Å²) >= 11 is 0. The van der Waals surface area contributed by atoms with Crippen LogP contribution in [0.2, 0.25) is 0 Å². The number of carbonyl (C=O) groups is 1. The third kappa shape index (κ3) is 3.78. The second kappa shape index (κ2) is 7.19. The Hall–Kier alpha value is -1.43. The van der Waals surface area contributed by atoms with Crippen LogP contribution in [0.1, 0.15) is 27.7 Å². The molecule has 5 atom stereocenters. The molecule has 10 heteroatoms. The first-order valence-electron chi connectivity index (χ1n) is 8.90. The Kier molecular flexibility index (Phi) is 5.41. The van der Waals surface area contributed by atoms with E-state index in [4.69, 9.17) is 18.8 Å². The summed E-state index contributed by atoms with van der Waals surface area (Å²) in [7, 11) is 0.883. The molecule has 0 aromatic carbocycles. The van der Waals surface area contributed by atoms with E-state index < -0.39 is 55.1 Å². The monoisotopic (exact) mass is 382 g/mol. The van der Waals surface area contributed by atoms with Crippen LogP contribution in [0.4, 0.5) is 0 Å². The van der Waals surface area contributed by atoms with E-state index in [9.17, 15) is 15.0 Å². The molecule has 9 nitrogen and oxygen atoms in total. The molecule has 27 heavy (non-hydrogen) atoms. The van der Waals surface area contributed by atoms with Gasteiger partial charge in [-0.25, -0.2) is 0 Å². The van der Waals surface area contributed by atoms with Gasteiger partial charge in [0.15, 0.2) is 6.23 Å². The zero-order valence-corrected chi connectivity index (χ0v) is 16.2. The molecule has 3 heterocycles. The zero-order valence-electron chi connectivity index (χ0n) is 16.2. The molecule has 3 unspecified atom stereocenters. The summed E-state index contributed by atoms with van der Waals surface area (Å²) in [5.41, 5.74) is -0.925. The minimum atomic E-state index is -1.27. The van der Waals surface area contributed by atoms with E-state index in [0.29, 0.717) is 0 Å². The minimum absolute atomic E-state index is 0.413. The van der Waals surface area contributed by atoms with E-state index in [1.54, 1.807) is 12.1 Å². The summed E-state index contributed by atoms with van der Waals surface area (Å²) in [6, 6.07) is 0. The van der Waals surface area contributed by atoms with Gasteiger partial charge in [-0.15, -0.1) is 0 Å². The van der Waals surface area contributed by atoms with Crippen LogP contribution in [0, 0.1) is 0 Å². The molecular formula is C17H27BN2O7. The highest BCUT2D eigenvalue weighted by Crippen LogP contribution is 2.37. The lowest BCUT2D eigenvalue weighted by Crippen LogP contribution is -2.55. The van der Waals surface area contributed by atoms with Gasteiger partial charge >= 0.3 is 7.12 Å². The molecule has 150 valence electrons.